The van der Waals surface area contributed by atoms with Crippen molar-refractivity contribution in [3.63, 3.8) is 0 Å². The lowest BCUT2D eigenvalue weighted by Gasteiger charge is -2.26. The van der Waals surface area contributed by atoms with Gasteiger partial charge in [0.1, 0.15) is 5.60 Å². The molecular weight excluding hydrogens is 342 g/mol. The molecule has 0 saturated heterocycles. The molecule has 1 atom stereocenters. The summed E-state index contributed by atoms with van der Waals surface area (Å²) < 4.78 is 32.0. The normalized spacial score (nSPS) is 12.6. The van der Waals surface area contributed by atoms with Crippen molar-refractivity contribution >= 4 is 12.0 Å². The number of ether oxygens (including phenoxy) is 1. The van der Waals surface area contributed by atoms with Crippen LogP contribution in [0.2, 0.25) is 0 Å². The van der Waals surface area contributed by atoms with Crippen molar-refractivity contribution in [3.05, 3.63) is 35.4 Å². The van der Waals surface area contributed by atoms with E-state index >= 15 is 0 Å². The molecule has 7 heteroatoms. The second kappa shape index (κ2) is 9.50. The number of hydrogen-bond donors (Lipinski definition) is 2. The van der Waals surface area contributed by atoms with E-state index in [-0.39, 0.29) is 42.8 Å². The molecule has 5 nitrogen and oxygen atoms in total. The highest BCUT2D eigenvalue weighted by Gasteiger charge is 2.22. The van der Waals surface area contributed by atoms with E-state index in [4.69, 9.17) is 4.74 Å². The number of nitrogens with one attached hydrogen (secondary N) is 2. The van der Waals surface area contributed by atoms with Crippen LogP contribution in [0.3, 0.4) is 0 Å². The minimum atomic E-state index is -0.927. The monoisotopic (exact) mass is 370 g/mol. The summed E-state index contributed by atoms with van der Waals surface area (Å²) in [5.41, 5.74) is -0.448. The average Bonchev–Trinajstić information content (AvgIpc) is 2.50. The van der Waals surface area contributed by atoms with Gasteiger partial charge in [-0.05, 0) is 44.7 Å². The average molecular weight is 370 g/mol. The summed E-state index contributed by atoms with van der Waals surface area (Å²) in [5.74, 6) is -2.08. The van der Waals surface area contributed by atoms with Gasteiger partial charge in [-0.3, -0.25) is 4.79 Å². The van der Waals surface area contributed by atoms with Crippen LogP contribution in [0.4, 0.5) is 13.6 Å². The fourth-order valence-corrected chi connectivity index (χ4v) is 2.21. The second-order valence-electron chi connectivity index (χ2n) is 7.51. The number of alkyl carbamates (subject to hydrolysis) is 1. The molecule has 1 unspecified atom stereocenters. The summed E-state index contributed by atoms with van der Waals surface area (Å²) >= 11 is 0. The van der Waals surface area contributed by atoms with Gasteiger partial charge in [-0.25, -0.2) is 13.6 Å². The van der Waals surface area contributed by atoms with E-state index in [0.717, 1.165) is 6.07 Å². The van der Waals surface area contributed by atoms with Crippen LogP contribution in [0.25, 0.3) is 0 Å². The molecule has 0 saturated carbocycles. The number of hydrogen-bond acceptors (Lipinski definition) is 3. The maximum Gasteiger partial charge on any atom is 0.407 e. The molecule has 0 aliphatic heterocycles. The largest absolute Gasteiger partial charge is 0.444 e. The summed E-state index contributed by atoms with van der Waals surface area (Å²) in [7, 11) is 0. The Bertz CT molecular complexity index is 628. The van der Waals surface area contributed by atoms with Gasteiger partial charge in [-0.15, -0.1) is 0 Å². The van der Waals surface area contributed by atoms with Gasteiger partial charge in [0.15, 0.2) is 11.6 Å². The van der Waals surface area contributed by atoms with Crippen LogP contribution >= 0.6 is 0 Å². The van der Waals surface area contributed by atoms with Crippen molar-refractivity contribution in [1.82, 2.24) is 10.6 Å². The number of carbonyl (C=O) groups excluding carboxylic acids is 2. The molecular formula is C19H28F2N2O3. The summed E-state index contributed by atoms with van der Waals surface area (Å²) in [5, 5.41) is 5.44. The van der Waals surface area contributed by atoms with Gasteiger partial charge in [0.25, 0.3) is 0 Å². The Hall–Kier alpha value is -2.18. The van der Waals surface area contributed by atoms with E-state index in [1.165, 1.54) is 12.1 Å². The number of benzene rings is 1. The zero-order valence-electron chi connectivity index (χ0n) is 16.0. The van der Waals surface area contributed by atoms with E-state index in [1.54, 1.807) is 20.8 Å². The minimum absolute atomic E-state index is 0.0254. The number of rotatable bonds is 7. The first-order valence-electron chi connectivity index (χ1n) is 8.68. The maximum atomic E-state index is 13.6. The fraction of sp³-hybridized carbons (Fsp3) is 0.579. The molecule has 0 aromatic heterocycles. The molecule has 146 valence electrons. The molecule has 0 radical (unpaired) electrons. The lowest BCUT2D eigenvalue weighted by molar-refractivity contribution is -0.121. The Morgan fingerprint density at radius 3 is 2.42 bits per heavy atom. The molecule has 1 rings (SSSR count). The Morgan fingerprint density at radius 1 is 1.19 bits per heavy atom. The number of amides is 2. The Labute approximate surface area is 153 Å². The molecule has 0 spiro atoms. The van der Waals surface area contributed by atoms with E-state index in [0.29, 0.717) is 0 Å². The van der Waals surface area contributed by atoms with Crippen molar-refractivity contribution in [2.24, 2.45) is 5.92 Å². The summed E-state index contributed by atoms with van der Waals surface area (Å²) in [6.07, 6.45) is -0.425. The third kappa shape index (κ3) is 7.80. The molecule has 1 aromatic rings. The van der Waals surface area contributed by atoms with Crippen LogP contribution in [-0.2, 0) is 16.0 Å². The fourth-order valence-electron chi connectivity index (χ4n) is 2.21. The Kier molecular flexibility index (Phi) is 7.99. The summed E-state index contributed by atoms with van der Waals surface area (Å²) in [6, 6.07) is 3.59. The van der Waals surface area contributed by atoms with Crippen LogP contribution in [0.15, 0.2) is 18.2 Å². The zero-order valence-corrected chi connectivity index (χ0v) is 16.0. The molecule has 0 fully saturated rings. The first-order chi connectivity index (χ1) is 12.0. The van der Waals surface area contributed by atoms with Crippen molar-refractivity contribution in [1.29, 1.82) is 0 Å². The Morgan fingerprint density at radius 2 is 1.85 bits per heavy atom. The minimum Gasteiger partial charge on any atom is -0.444 e. The number of halogens is 2. The van der Waals surface area contributed by atoms with Crippen LogP contribution in [0.1, 0.15) is 46.6 Å². The lowest BCUT2D eigenvalue weighted by atomic mass is 10.0. The Balaban J connectivity index is 2.49. The van der Waals surface area contributed by atoms with Gasteiger partial charge in [-0.1, -0.05) is 26.0 Å². The number of aryl methyl sites for hydroxylation is 1. The van der Waals surface area contributed by atoms with E-state index < -0.39 is 23.3 Å². The second-order valence-corrected chi connectivity index (χ2v) is 7.51. The van der Waals surface area contributed by atoms with Crippen molar-refractivity contribution in [2.45, 2.75) is 59.1 Å². The quantitative estimate of drug-likeness (QED) is 0.771. The highest BCUT2D eigenvalue weighted by atomic mass is 19.2. The standard InChI is InChI=1S/C19H28F2N2O3/c1-12(2)15(23-18(25)26-19(3,4)5)11-22-16(24)10-9-13-7-6-8-14(20)17(13)21/h6-8,12,15H,9-11H2,1-5H3,(H,22,24)(H,23,25). The van der Waals surface area contributed by atoms with Crippen molar-refractivity contribution in [2.75, 3.05) is 6.54 Å². The molecule has 1 aromatic carbocycles. The van der Waals surface area contributed by atoms with Gasteiger partial charge >= 0.3 is 6.09 Å². The van der Waals surface area contributed by atoms with Crippen molar-refractivity contribution < 1.29 is 23.1 Å². The lowest BCUT2D eigenvalue weighted by Crippen LogP contribution is -2.48. The maximum absolute atomic E-state index is 13.6. The van der Waals surface area contributed by atoms with E-state index in [1.807, 2.05) is 13.8 Å². The van der Waals surface area contributed by atoms with Gasteiger partial charge in [0.05, 0.1) is 6.04 Å². The molecule has 0 aliphatic rings. The van der Waals surface area contributed by atoms with Crippen molar-refractivity contribution in [3.8, 4) is 0 Å². The van der Waals surface area contributed by atoms with Gasteiger partial charge in [-0.2, -0.15) is 0 Å². The number of carbonyl (C=O) groups is 2. The molecule has 0 aliphatic carbocycles. The highest BCUT2D eigenvalue weighted by molar-refractivity contribution is 5.76. The van der Waals surface area contributed by atoms with Crippen LogP contribution in [0, 0.1) is 17.6 Å². The molecule has 2 amide bonds. The first-order valence-corrected chi connectivity index (χ1v) is 8.68. The van der Waals surface area contributed by atoms with E-state index in [2.05, 4.69) is 10.6 Å². The SMILES string of the molecule is CC(C)C(CNC(=O)CCc1cccc(F)c1F)NC(=O)OC(C)(C)C. The third-order valence-electron chi connectivity index (χ3n) is 3.68. The summed E-state index contributed by atoms with van der Waals surface area (Å²) in [6.45, 7) is 9.35. The predicted octanol–water partition coefficient (Wildman–Crippen LogP) is 3.56. The zero-order chi connectivity index (χ0) is 19.9. The topological polar surface area (TPSA) is 67.4 Å². The first kappa shape index (κ1) is 21.9. The molecule has 2 N–H and O–H groups in total. The third-order valence-corrected chi connectivity index (χ3v) is 3.68. The van der Waals surface area contributed by atoms with Crippen LogP contribution < -0.4 is 10.6 Å². The van der Waals surface area contributed by atoms with Gasteiger partial charge in [0.2, 0.25) is 5.91 Å². The summed E-state index contributed by atoms with van der Waals surface area (Å²) in [4.78, 5) is 23.9. The predicted molar refractivity (Wildman–Crippen MR) is 95.7 cm³/mol. The molecule has 0 bridgehead atoms. The van der Waals surface area contributed by atoms with Crippen LogP contribution in [-0.4, -0.2) is 30.2 Å². The van der Waals surface area contributed by atoms with Crippen LogP contribution in [0.5, 0.6) is 0 Å². The van der Waals surface area contributed by atoms with E-state index in [9.17, 15) is 18.4 Å². The molecule has 0 heterocycles. The smallest absolute Gasteiger partial charge is 0.407 e. The highest BCUT2D eigenvalue weighted by Crippen LogP contribution is 2.13. The van der Waals surface area contributed by atoms with Gasteiger partial charge in [0, 0.05) is 13.0 Å². The molecule has 26 heavy (non-hydrogen) atoms. The van der Waals surface area contributed by atoms with Gasteiger partial charge < -0.3 is 15.4 Å².